The van der Waals surface area contributed by atoms with Crippen LogP contribution < -0.4 is 5.32 Å². The van der Waals surface area contributed by atoms with Crippen molar-refractivity contribution >= 4 is 0 Å². The zero-order valence-corrected chi connectivity index (χ0v) is 13.4. The summed E-state index contributed by atoms with van der Waals surface area (Å²) in [4.78, 5) is 0. The van der Waals surface area contributed by atoms with E-state index in [2.05, 4.69) is 26.1 Å². The molecule has 1 aliphatic rings. The second kappa shape index (κ2) is 7.90. The Morgan fingerprint density at radius 1 is 1.24 bits per heavy atom. The van der Waals surface area contributed by atoms with Gasteiger partial charge in [-0.05, 0) is 62.8 Å². The van der Waals surface area contributed by atoms with E-state index in [-0.39, 0.29) is 5.82 Å². The first-order valence-corrected chi connectivity index (χ1v) is 8.16. The van der Waals surface area contributed by atoms with Gasteiger partial charge in [-0.15, -0.1) is 0 Å². The van der Waals surface area contributed by atoms with Crippen molar-refractivity contribution in [3.05, 3.63) is 35.6 Å². The standard InChI is InChI=1S/C18H28FNO/c1-13(2)20-12-16(11-18-9-4-14(3)21-18)10-15-5-7-17(19)8-6-15/h5-8,13-14,16,18,20H,4,9-12H2,1-3H3. The Labute approximate surface area is 128 Å². The second-order valence-electron chi connectivity index (χ2n) is 6.64. The summed E-state index contributed by atoms with van der Waals surface area (Å²) in [5, 5.41) is 3.53. The number of benzene rings is 1. The van der Waals surface area contributed by atoms with Gasteiger partial charge >= 0.3 is 0 Å². The average Bonchev–Trinajstić information content (AvgIpc) is 2.84. The minimum atomic E-state index is -0.163. The number of hydrogen-bond donors (Lipinski definition) is 1. The van der Waals surface area contributed by atoms with Gasteiger partial charge in [0.2, 0.25) is 0 Å². The predicted molar refractivity (Wildman–Crippen MR) is 84.9 cm³/mol. The minimum Gasteiger partial charge on any atom is -0.375 e. The molecule has 0 amide bonds. The quantitative estimate of drug-likeness (QED) is 0.822. The molecule has 1 saturated heterocycles. The van der Waals surface area contributed by atoms with Crippen molar-refractivity contribution in [3.8, 4) is 0 Å². The van der Waals surface area contributed by atoms with Crippen molar-refractivity contribution in [2.75, 3.05) is 6.54 Å². The van der Waals surface area contributed by atoms with Crippen LogP contribution in [0.15, 0.2) is 24.3 Å². The molecule has 3 unspecified atom stereocenters. The molecule has 0 saturated carbocycles. The Morgan fingerprint density at radius 3 is 2.52 bits per heavy atom. The normalized spacial score (nSPS) is 23.7. The molecule has 0 radical (unpaired) electrons. The Morgan fingerprint density at radius 2 is 1.95 bits per heavy atom. The van der Waals surface area contributed by atoms with Gasteiger partial charge in [-0.2, -0.15) is 0 Å². The SMILES string of the molecule is CC(C)NCC(Cc1ccc(F)cc1)CC1CCC(C)O1. The van der Waals surface area contributed by atoms with E-state index < -0.39 is 0 Å². The zero-order chi connectivity index (χ0) is 15.2. The molecule has 21 heavy (non-hydrogen) atoms. The van der Waals surface area contributed by atoms with Gasteiger partial charge in [0.1, 0.15) is 5.82 Å². The summed E-state index contributed by atoms with van der Waals surface area (Å²) >= 11 is 0. The molecule has 2 rings (SSSR count). The average molecular weight is 293 g/mol. The van der Waals surface area contributed by atoms with Crippen LogP contribution in [0.5, 0.6) is 0 Å². The van der Waals surface area contributed by atoms with Gasteiger partial charge < -0.3 is 10.1 Å². The fourth-order valence-electron chi connectivity index (χ4n) is 3.03. The molecule has 1 aromatic carbocycles. The maximum atomic E-state index is 13.0. The number of ether oxygens (including phenoxy) is 1. The summed E-state index contributed by atoms with van der Waals surface area (Å²) in [7, 11) is 0. The van der Waals surface area contributed by atoms with Crippen molar-refractivity contribution in [3.63, 3.8) is 0 Å². The molecule has 0 spiro atoms. The lowest BCUT2D eigenvalue weighted by Gasteiger charge is -2.22. The molecule has 0 aromatic heterocycles. The summed E-state index contributed by atoms with van der Waals surface area (Å²) in [6, 6.07) is 7.39. The number of rotatable bonds is 7. The lowest BCUT2D eigenvalue weighted by Crippen LogP contribution is -2.32. The number of hydrogen-bond acceptors (Lipinski definition) is 2. The summed E-state index contributed by atoms with van der Waals surface area (Å²) in [6.07, 6.45) is 5.20. The lowest BCUT2D eigenvalue weighted by molar-refractivity contribution is 0.0406. The molecule has 1 heterocycles. The largest absolute Gasteiger partial charge is 0.375 e. The Balaban J connectivity index is 1.92. The summed E-state index contributed by atoms with van der Waals surface area (Å²) in [5.41, 5.74) is 1.21. The summed E-state index contributed by atoms with van der Waals surface area (Å²) in [6.45, 7) is 7.48. The first-order chi connectivity index (χ1) is 10.0. The van der Waals surface area contributed by atoms with E-state index in [0.717, 1.165) is 19.4 Å². The summed E-state index contributed by atoms with van der Waals surface area (Å²) in [5.74, 6) is 0.372. The van der Waals surface area contributed by atoms with Crippen LogP contribution in [0.1, 0.15) is 45.6 Å². The third-order valence-corrected chi connectivity index (χ3v) is 4.17. The molecule has 2 nitrogen and oxygen atoms in total. The topological polar surface area (TPSA) is 21.3 Å². The fourth-order valence-corrected chi connectivity index (χ4v) is 3.03. The van der Waals surface area contributed by atoms with Gasteiger partial charge in [-0.3, -0.25) is 0 Å². The van der Waals surface area contributed by atoms with Crippen LogP contribution in [-0.4, -0.2) is 24.8 Å². The Kier molecular flexibility index (Phi) is 6.19. The van der Waals surface area contributed by atoms with Crippen LogP contribution in [0.2, 0.25) is 0 Å². The van der Waals surface area contributed by atoms with Gasteiger partial charge in [0.05, 0.1) is 12.2 Å². The monoisotopic (exact) mass is 293 g/mol. The van der Waals surface area contributed by atoms with Gasteiger partial charge in [0, 0.05) is 6.04 Å². The van der Waals surface area contributed by atoms with Crippen LogP contribution in [-0.2, 0) is 11.2 Å². The molecule has 1 aliphatic heterocycles. The van der Waals surface area contributed by atoms with Crippen LogP contribution in [0, 0.1) is 11.7 Å². The molecular weight excluding hydrogens is 265 g/mol. The summed E-state index contributed by atoms with van der Waals surface area (Å²) < 4.78 is 19.0. The van der Waals surface area contributed by atoms with E-state index in [1.165, 1.54) is 18.4 Å². The number of nitrogens with one attached hydrogen (secondary N) is 1. The molecule has 1 aromatic rings. The fraction of sp³-hybridized carbons (Fsp3) is 0.667. The molecule has 1 N–H and O–H groups in total. The van der Waals surface area contributed by atoms with Crippen LogP contribution in [0.4, 0.5) is 4.39 Å². The molecule has 1 fully saturated rings. The van der Waals surface area contributed by atoms with E-state index in [4.69, 9.17) is 4.74 Å². The van der Waals surface area contributed by atoms with Crippen molar-refractivity contribution < 1.29 is 9.13 Å². The zero-order valence-electron chi connectivity index (χ0n) is 13.4. The molecule has 118 valence electrons. The van der Waals surface area contributed by atoms with Crippen molar-refractivity contribution in [2.45, 2.75) is 64.7 Å². The van der Waals surface area contributed by atoms with Crippen molar-refractivity contribution in [2.24, 2.45) is 5.92 Å². The highest BCUT2D eigenvalue weighted by atomic mass is 19.1. The van der Waals surface area contributed by atoms with Gasteiger partial charge in [0.25, 0.3) is 0 Å². The maximum Gasteiger partial charge on any atom is 0.123 e. The molecular formula is C18H28FNO. The Bertz CT molecular complexity index is 418. The second-order valence-corrected chi connectivity index (χ2v) is 6.64. The molecule has 3 heteroatoms. The number of halogens is 1. The van der Waals surface area contributed by atoms with Crippen molar-refractivity contribution in [1.82, 2.24) is 5.32 Å². The lowest BCUT2D eigenvalue weighted by atomic mass is 9.92. The maximum absolute atomic E-state index is 13.0. The van der Waals surface area contributed by atoms with Gasteiger partial charge in [-0.25, -0.2) is 4.39 Å². The van der Waals surface area contributed by atoms with E-state index in [9.17, 15) is 4.39 Å². The highest BCUT2D eigenvalue weighted by Gasteiger charge is 2.25. The van der Waals surface area contributed by atoms with E-state index in [1.54, 1.807) is 12.1 Å². The first-order valence-electron chi connectivity index (χ1n) is 8.16. The molecule has 0 aliphatic carbocycles. The third-order valence-electron chi connectivity index (χ3n) is 4.17. The predicted octanol–water partition coefficient (Wildman–Crippen LogP) is 3.94. The Hall–Kier alpha value is -0.930. The first kappa shape index (κ1) is 16.4. The van der Waals surface area contributed by atoms with Crippen molar-refractivity contribution in [1.29, 1.82) is 0 Å². The van der Waals surface area contributed by atoms with Crippen LogP contribution in [0.3, 0.4) is 0 Å². The van der Waals surface area contributed by atoms with Gasteiger partial charge in [0.15, 0.2) is 0 Å². The molecule has 0 bridgehead atoms. The highest BCUT2D eigenvalue weighted by molar-refractivity contribution is 5.16. The van der Waals surface area contributed by atoms with Gasteiger partial charge in [-0.1, -0.05) is 26.0 Å². The smallest absolute Gasteiger partial charge is 0.123 e. The van der Waals surface area contributed by atoms with E-state index >= 15 is 0 Å². The van der Waals surface area contributed by atoms with Crippen LogP contribution >= 0.6 is 0 Å². The highest BCUT2D eigenvalue weighted by Crippen LogP contribution is 2.26. The van der Waals surface area contributed by atoms with Crippen LogP contribution in [0.25, 0.3) is 0 Å². The minimum absolute atomic E-state index is 0.163. The van der Waals surface area contributed by atoms with E-state index in [1.807, 2.05) is 12.1 Å². The molecule has 3 atom stereocenters. The third kappa shape index (κ3) is 5.76. The van der Waals surface area contributed by atoms with E-state index in [0.29, 0.717) is 24.2 Å².